The Labute approximate surface area is 336 Å². The fraction of sp³-hybridized carbons (Fsp3) is 0.160. The van der Waals surface area contributed by atoms with Crippen LogP contribution in [-0.2, 0) is 10.8 Å². The van der Waals surface area contributed by atoms with Gasteiger partial charge >= 0.3 is 0 Å². The highest BCUT2D eigenvalue weighted by atomic mass is 79.9. The number of halogens is 2. The molecule has 2 aromatic heterocycles. The van der Waals surface area contributed by atoms with Gasteiger partial charge in [0.15, 0.2) is 0 Å². The van der Waals surface area contributed by atoms with Crippen molar-refractivity contribution in [3.63, 3.8) is 0 Å². The Balaban J connectivity index is 1.50. The fourth-order valence-corrected chi connectivity index (χ4v) is 8.72. The SMILES string of the molecule is CC(C)(C)c1ccc(-n2c(-c3c(Br)cccc3-c3ccccc3)cc3c2cc(-c2c(Br)cccc2-c2ccccc2)n3-c2ccc(C(C)(C)C)cc2)cc1. The summed E-state index contributed by atoms with van der Waals surface area (Å²) in [6.45, 7) is 13.6. The molecule has 2 heterocycles. The smallest absolute Gasteiger partial charge is 0.0724 e. The van der Waals surface area contributed by atoms with Gasteiger partial charge in [-0.2, -0.15) is 0 Å². The van der Waals surface area contributed by atoms with Crippen LogP contribution < -0.4 is 0 Å². The second-order valence-corrected chi connectivity index (χ2v) is 17.9. The zero-order chi connectivity index (χ0) is 37.8. The van der Waals surface area contributed by atoms with Crippen LogP contribution in [0.1, 0.15) is 52.7 Å². The highest BCUT2D eigenvalue weighted by Crippen LogP contribution is 2.47. The van der Waals surface area contributed by atoms with E-state index >= 15 is 0 Å². The van der Waals surface area contributed by atoms with E-state index < -0.39 is 0 Å². The first kappa shape index (κ1) is 36.1. The van der Waals surface area contributed by atoms with Gasteiger partial charge in [0, 0.05) is 31.4 Å². The molecule has 0 unspecified atom stereocenters. The predicted molar refractivity (Wildman–Crippen MR) is 237 cm³/mol. The van der Waals surface area contributed by atoms with E-state index in [1.165, 1.54) is 33.4 Å². The van der Waals surface area contributed by atoms with Crippen molar-refractivity contribution in [1.82, 2.24) is 9.13 Å². The molecule has 0 aliphatic heterocycles. The standard InChI is InChI=1S/C50H44Br2N2/c1-49(2,3)35-23-27-37(28-24-35)53-43-31-46(48-40(20-14-22-42(48)52)34-17-11-8-12-18-34)54(38-29-25-36(26-30-38)50(4,5)6)44(43)32-45(53)47-39(19-13-21-41(47)51)33-15-9-7-10-16-33/h7-32H,1-6H3. The molecule has 0 amide bonds. The van der Waals surface area contributed by atoms with Crippen molar-refractivity contribution < 1.29 is 0 Å². The quantitative estimate of drug-likeness (QED) is 0.158. The summed E-state index contributed by atoms with van der Waals surface area (Å²) < 4.78 is 7.01. The Morgan fingerprint density at radius 3 is 1.07 bits per heavy atom. The number of aromatic nitrogens is 2. The van der Waals surface area contributed by atoms with Crippen LogP contribution in [0.2, 0.25) is 0 Å². The minimum absolute atomic E-state index is 0.0411. The summed E-state index contributed by atoms with van der Waals surface area (Å²) in [5.74, 6) is 0. The van der Waals surface area contributed by atoms with Crippen molar-refractivity contribution in [1.29, 1.82) is 0 Å². The molecule has 0 spiro atoms. The summed E-state index contributed by atoms with van der Waals surface area (Å²) in [5, 5.41) is 0. The lowest BCUT2D eigenvalue weighted by Gasteiger charge is -2.21. The lowest BCUT2D eigenvalue weighted by Crippen LogP contribution is -2.11. The lowest BCUT2D eigenvalue weighted by molar-refractivity contribution is 0.590. The summed E-state index contributed by atoms with van der Waals surface area (Å²) in [7, 11) is 0. The van der Waals surface area contributed by atoms with E-state index in [-0.39, 0.29) is 10.8 Å². The minimum Gasteiger partial charge on any atom is -0.308 e. The first-order valence-electron chi connectivity index (χ1n) is 18.6. The largest absolute Gasteiger partial charge is 0.308 e. The molecule has 0 N–H and O–H groups in total. The van der Waals surface area contributed by atoms with Crippen LogP contribution in [-0.4, -0.2) is 9.13 Å². The van der Waals surface area contributed by atoms with Crippen molar-refractivity contribution in [2.24, 2.45) is 0 Å². The third kappa shape index (κ3) is 6.61. The molecule has 6 aromatic carbocycles. The Kier molecular flexibility index (Phi) is 9.40. The number of hydrogen-bond acceptors (Lipinski definition) is 0. The highest BCUT2D eigenvalue weighted by molar-refractivity contribution is 9.11. The maximum atomic E-state index is 4.03. The molecular formula is C50H44Br2N2. The van der Waals surface area contributed by atoms with Crippen molar-refractivity contribution in [2.75, 3.05) is 0 Å². The molecule has 0 aliphatic carbocycles. The summed E-state index contributed by atoms with van der Waals surface area (Å²) in [6, 6.07) is 57.5. The van der Waals surface area contributed by atoms with Crippen LogP contribution in [0.3, 0.4) is 0 Å². The van der Waals surface area contributed by atoms with E-state index in [1.807, 2.05) is 0 Å². The van der Waals surface area contributed by atoms with Crippen LogP contribution in [0.25, 0.3) is 67.2 Å². The van der Waals surface area contributed by atoms with Crippen LogP contribution >= 0.6 is 31.9 Å². The van der Waals surface area contributed by atoms with E-state index in [2.05, 4.69) is 240 Å². The molecule has 0 saturated heterocycles. The Morgan fingerprint density at radius 2 is 0.741 bits per heavy atom. The molecule has 8 aromatic rings. The second kappa shape index (κ2) is 14.1. The first-order valence-corrected chi connectivity index (χ1v) is 20.2. The van der Waals surface area contributed by atoms with Crippen molar-refractivity contribution in [2.45, 2.75) is 52.4 Å². The summed E-state index contributed by atoms with van der Waals surface area (Å²) in [5.41, 5.74) is 16.5. The molecule has 54 heavy (non-hydrogen) atoms. The second-order valence-electron chi connectivity index (χ2n) is 16.2. The van der Waals surface area contributed by atoms with Gasteiger partial charge in [-0.15, -0.1) is 0 Å². The highest BCUT2D eigenvalue weighted by Gasteiger charge is 2.26. The number of benzene rings is 6. The average molecular weight is 833 g/mol. The van der Waals surface area contributed by atoms with E-state index in [0.29, 0.717) is 0 Å². The third-order valence-electron chi connectivity index (χ3n) is 10.5. The van der Waals surface area contributed by atoms with Gasteiger partial charge in [-0.1, -0.05) is 183 Å². The summed E-state index contributed by atoms with van der Waals surface area (Å²) >= 11 is 8.06. The molecule has 0 radical (unpaired) electrons. The van der Waals surface area contributed by atoms with E-state index in [4.69, 9.17) is 0 Å². The van der Waals surface area contributed by atoms with E-state index in [9.17, 15) is 0 Å². The van der Waals surface area contributed by atoms with Gasteiger partial charge in [-0.05, 0) is 92.7 Å². The fourth-order valence-electron chi connectivity index (χ4n) is 7.58. The molecular weight excluding hydrogens is 788 g/mol. The van der Waals surface area contributed by atoms with Crippen LogP contribution in [0, 0.1) is 0 Å². The van der Waals surface area contributed by atoms with Gasteiger partial charge in [-0.25, -0.2) is 0 Å². The average Bonchev–Trinajstić information content (AvgIpc) is 3.70. The summed E-state index contributed by atoms with van der Waals surface area (Å²) in [6.07, 6.45) is 0. The molecule has 8 rings (SSSR count). The number of rotatable bonds is 6. The van der Waals surface area contributed by atoms with Gasteiger partial charge in [0.2, 0.25) is 0 Å². The zero-order valence-corrected chi connectivity index (χ0v) is 34.8. The maximum absolute atomic E-state index is 4.03. The van der Waals surface area contributed by atoms with Gasteiger partial charge < -0.3 is 9.13 Å². The molecule has 0 bridgehead atoms. The van der Waals surface area contributed by atoms with Gasteiger partial charge in [-0.3, -0.25) is 0 Å². The van der Waals surface area contributed by atoms with Crippen molar-refractivity contribution in [3.8, 4) is 56.1 Å². The lowest BCUT2D eigenvalue weighted by atomic mass is 9.87. The first-order chi connectivity index (χ1) is 25.9. The Hall–Kier alpha value is -4.90. The maximum Gasteiger partial charge on any atom is 0.0724 e. The number of hydrogen-bond donors (Lipinski definition) is 0. The molecule has 4 heteroatoms. The Morgan fingerprint density at radius 1 is 0.389 bits per heavy atom. The van der Waals surface area contributed by atoms with Gasteiger partial charge in [0.1, 0.15) is 0 Å². The number of nitrogens with zero attached hydrogens (tertiary/aromatic N) is 2. The van der Waals surface area contributed by atoms with E-state index in [0.717, 1.165) is 53.9 Å². The molecule has 0 saturated carbocycles. The third-order valence-corrected chi connectivity index (χ3v) is 11.8. The topological polar surface area (TPSA) is 9.86 Å². The number of fused-ring (bicyclic) bond motifs is 1. The van der Waals surface area contributed by atoms with Gasteiger partial charge in [0.25, 0.3) is 0 Å². The summed E-state index contributed by atoms with van der Waals surface area (Å²) in [4.78, 5) is 0. The minimum atomic E-state index is 0.0411. The van der Waals surface area contributed by atoms with Crippen LogP contribution in [0.5, 0.6) is 0 Å². The molecule has 2 nitrogen and oxygen atoms in total. The molecule has 0 atom stereocenters. The van der Waals surface area contributed by atoms with Gasteiger partial charge in [0.05, 0.1) is 22.4 Å². The molecule has 268 valence electrons. The zero-order valence-electron chi connectivity index (χ0n) is 31.7. The van der Waals surface area contributed by atoms with Crippen LogP contribution in [0.4, 0.5) is 0 Å². The molecule has 0 aliphatic rings. The Bertz CT molecular complexity index is 2410. The normalized spacial score (nSPS) is 12.1. The van der Waals surface area contributed by atoms with Crippen molar-refractivity contribution >= 4 is 42.9 Å². The monoisotopic (exact) mass is 830 g/mol. The van der Waals surface area contributed by atoms with Crippen LogP contribution in [0.15, 0.2) is 167 Å². The van der Waals surface area contributed by atoms with Crippen molar-refractivity contribution in [3.05, 3.63) is 178 Å². The van der Waals surface area contributed by atoms with E-state index in [1.54, 1.807) is 0 Å². The molecule has 0 fully saturated rings. The predicted octanol–water partition coefficient (Wildman–Crippen LogP) is 15.2.